The summed E-state index contributed by atoms with van der Waals surface area (Å²) in [5.41, 5.74) is 1.06. The van der Waals surface area contributed by atoms with Gasteiger partial charge in [0.15, 0.2) is 0 Å². The first-order valence-electron chi connectivity index (χ1n) is 5.47. The van der Waals surface area contributed by atoms with Gasteiger partial charge in [0.05, 0.1) is 6.04 Å². The molecule has 1 aromatic rings. The van der Waals surface area contributed by atoms with Crippen LogP contribution in [0.15, 0.2) is 5.38 Å². The highest BCUT2D eigenvalue weighted by Gasteiger charge is 2.07. The van der Waals surface area contributed by atoms with Gasteiger partial charge in [0, 0.05) is 17.5 Å². The Morgan fingerprint density at radius 1 is 1.62 bits per heavy atom. The molecule has 0 aliphatic carbocycles. The molecule has 0 radical (unpaired) electrons. The molecule has 5 heteroatoms. The molecule has 1 atom stereocenters. The van der Waals surface area contributed by atoms with E-state index in [1.54, 1.807) is 11.3 Å². The number of unbranched alkanes of at least 4 members (excludes halogenated alkanes) is 1. The minimum absolute atomic E-state index is 0.253. The van der Waals surface area contributed by atoms with Crippen LogP contribution in [0.5, 0.6) is 0 Å². The molecule has 2 N–H and O–H groups in total. The van der Waals surface area contributed by atoms with Crippen LogP contribution in [0.25, 0.3) is 0 Å². The fourth-order valence-corrected chi connectivity index (χ4v) is 2.21. The van der Waals surface area contributed by atoms with E-state index in [1.165, 1.54) is 0 Å². The van der Waals surface area contributed by atoms with Crippen molar-refractivity contribution in [2.75, 3.05) is 6.54 Å². The van der Waals surface area contributed by atoms with Crippen molar-refractivity contribution in [3.05, 3.63) is 16.1 Å². The SMILES string of the molecule is Cc1csc(C(C)NCCCCC(=O)O)n1. The van der Waals surface area contributed by atoms with E-state index in [2.05, 4.69) is 17.2 Å². The van der Waals surface area contributed by atoms with Gasteiger partial charge >= 0.3 is 5.97 Å². The molecule has 90 valence electrons. The van der Waals surface area contributed by atoms with Crippen molar-refractivity contribution in [2.45, 2.75) is 39.2 Å². The van der Waals surface area contributed by atoms with Crippen LogP contribution < -0.4 is 5.32 Å². The van der Waals surface area contributed by atoms with Gasteiger partial charge in [0.2, 0.25) is 0 Å². The number of nitrogens with one attached hydrogen (secondary N) is 1. The van der Waals surface area contributed by atoms with Gasteiger partial charge in [0.1, 0.15) is 5.01 Å². The Morgan fingerprint density at radius 2 is 2.38 bits per heavy atom. The largest absolute Gasteiger partial charge is 0.481 e. The average Bonchev–Trinajstić information content (AvgIpc) is 2.63. The van der Waals surface area contributed by atoms with Gasteiger partial charge in [-0.3, -0.25) is 4.79 Å². The van der Waals surface area contributed by atoms with Crippen molar-refractivity contribution in [1.82, 2.24) is 10.3 Å². The second kappa shape index (κ2) is 6.60. The van der Waals surface area contributed by atoms with Crippen molar-refractivity contribution in [1.29, 1.82) is 0 Å². The lowest BCUT2D eigenvalue weighted by Crippen LogP contribution is -2.19. The van der Waals surface area contributed by atoms with Crippen LogP contribution in [0.2, 0.25) is 0 Å². The Morgan fingerprint density at radius 3 is 2.94 bits per heavy atom. The smallest absolute Gasteiger partial charge is 0.303 e. The van der Waals surface area contributed by atoms with E-state index in [-0.39, 0.29) is 12.5 Å². The minimum Gasteiger partial charge on any atom is -0.481 e. The van der Waals surface area contributed by atoms with Crippen LogP contribution in [0, 0.1) is 6.92 Å². The molecule has 1 heterocycles. The van der Waals surface area contributed by atoms with E-state index < -0.39 is 5.97 Å². The van der Waals surface area contributed by atoms with E-state index in [0.29, 0.717) is 0 Å². The minimum atomic E-state index is -0.719. The summed E-state index contributed by atoms with van der Waals surface area (Å²) in [7, 11) is 0. The summed E-state index contributed by atoms with van der Waals surface area (Å²) in [5, 5.41) is 14.9. The predicted octanol–water partition coefficient (Wildman–Crippen LogP) is 2.36. The Kier molecular flexibility index (Phi) is 5.42. The summed E-state index contributed by atoms with van der Waals surface area (Å²) in [6, 6.07) is 0.253. The van der Waals surface area contributed by atoms with Crippen molar-refractivity contribution in [3.8, 4) is 0 Å². The van der Waals surface area contributed by atoms with E-state index in [9.17, 15) is 4.79 Å². The molecule has 0 fully saturated rings. The fraction of sp³-hybridized carbons (Fsp3) is 0.636. The molecule has 0 saturated heterocycles. The summed E-state index contributed by atoms with van der Waals surface area (Å²) < 4.78 is 0. The van der Waals surface area contributed by atoms with E-state index >= 15 is 0 Å². The summed E-state index contributed by atoms with van der Waals surface area (Å²) in [6.07, 6.45) is 1.87. The summed E-state index contributed by atoms with van der Waals surface area (Å²) >= 11 is 1.66. The number of rotatable bonds is 7. The third kappa shape index (κ3) is 4.72. The molecule has 0 aliphatic heterocycles. The zero-order valence-corrected chi connectivity index (χ0v) is 10.5. The van der Waals surface area contributed by atoms with Gasteiger partial charge in [-0.25, -0.2) is 4.98 Å². The van der Waals surface area contributed by atoms with Gasteiger partial charge in [-0.1, -0.05) is 0 Å². The summed E-state index contributed by atoms with van der Waals surface area (Å²) in [5.74, 6) is -0.719. The highest BCUT2D eigenvalue weighted by atomic mass is 32.1. The molecular weight excluding hydrogens is 224 g/mol. The van der Waals surface area contributed by atoms with Gasteiger partial charge in [0.25, 0.3) is 0 Å². The summed E-state index contributed by atoms with van der Waals surface area (Å²) in [4.78, 5) is 14.7. The lowest BCUT2D eigenvalue weighted by atomic mass is 10.2. The normalized spacial score (nSPS) is 12.6. The maximum atomic E-state index is 10.3. The van der Waals surface area contributed by atoms with Crippen LogP contribution in [-0.2, 0) is 4.79 Å². The molecule has 1 rings (SSSR count). The van der Waals surface area contributed by atoms with Gasteiger partial charge < -0.3 is 10.4 Å². The molecule has 4 nitrogen and oxygen atoms in total. The highest BCUT2D eigenvalue weighted by Crippen LogP contribution is 2.17. The number of aliphatic carboxylic acids is 1. The van der Waals surface area contributed by atoms with Crippen molar-refractivity contribution in [3.63, 3.8) is 0 Å². The van der Waals surface area contributed by atoms with Crippen LogP contribution in [-0.4, -0.2) is 22.6 Å². The number of carboxylic acids is 1. The molecule has 0 amide bonds. The molecule has 16 heavy (non-hydrogen) atoms. The number of carboxylic acid groups (broad SMARTS) is 1. The number of thiazole rings is 1. The molecule has 0 aliphatic rings. The Bertz CT molecular complexity index is 338. The van der Waals surface area contributed by atoms with Gasteiger partial charge in [-0.15, -0.1) is 11.3 Å². The van der Waals surface area contributed by atoms with E-state index in [0.717, 1.165) is 30.1 Å². The molecule has 1 aromatic heterocycles. The lowest BCUT2D eigenvalue weighted by Gasteiger charge is -2.10. The predicted molar refractivity (Wildman–Crippen MR) is 64.8 cm³/mol. The quantitative estimate of drug-likeness (QED) is 0.720. The zero-order chi connectivity index (χ0) is 12.0. The Hall–Kier alpha value is -0.940. The molecule has 0 spiro atoms. The molecular formula is C11H18N2O2S. The second-order valence-corrected chi connectivity index (χ2v) is 4.74. The van der Waals surface area contributed by atoms with Crippen molar-refractivity contribution in [2.24, 2.45) is 0 Å². The number of aromatic nitrogens is 1. The molecule has 1 unspecified atom stereocenters. The number of hydrogen-bond donors (Lipinski definition) is 2. The molecule has 0 aromatic carbocycles. The zero-order valence-electron chi connectivity index (χ0n) is 9.69. The third-order valence-corrected chi connectivity index (χ3v) is 3.42. The lowest BCUT2D eigenvalue weighted by molar-refractivity contribution is -0.137. The first-order chi connectivity index (χ1) is 7.59. The molecule has 0 saturated carbocycles. The average molecular weight is 242 g/mol. The first-order valence-corrected chi connectivity index (χ1v) is 6.34. The standard InChI is InChI=1S/C11H18N2O2S/c1-8-7-16-11(13-8)9(2)12-6-4-3-5-10(14)15/h7,9,12H,3-6H2,1-2H3,(H,14,15). The maximum absolute atomic E-state index is 10.3. The highest BCUT2D eigenvalue weighted by molar-refractivity contribution is 7.09. The summed E-state index contributed by atoms with van der Waals surface area (Å²) in [6.45, 7) is 4.90. The maximum Gasteiger partial charge on any atom is 0.303 e. The van der Waals surface area contributed by atoms with Crippen LogP contribution >= 0.6 is 11.3 Å². The third-order valence-electron chi connectivity index (χ3n) is 2.28. The Labute approximate surface area is 99.7 Å². The van der Waals surface area contributed by atoms with E-state index in [4.69, 9.17) is 5.11 Å². The van der Waals surface area contributed by atoms with Crippen LogP contribution in [0.1, 0.15) is 42.9 Å². The van der Waals surface area contributed by atoms with Crippen LogP contribution in [0.4, 0.5) is 0 Å². The number of nitrogens with zero attached hydrogens (tertiary/aromatic N) is 1. The van der Waals surface area contributed by atoms with Crippen molar-refractivity contribution >= 4 is 17.3 Å². The Balaban J connectivity index is 2.15. The number of carbonyl (C=O) groups is 1. The monoisotopic (exact) mass is 242 g/mol. The molecule has 0 bridgehead atoms. The number of hydrogen-bond acceptors (Lipinski definition) is 4. The number of aryl methyl sites for hydroxylation is 1. The topological polar surface area (TPSA) is 62.2 Å². The second-order valence-electron chi connectivity index (χ2n) is 3.85. The van der Waals surface area contributed by atoms with Gasteiger partial charge in [-0.05, 0) is 33.2 Å². The van der Waals surface area contributed by atoms with Crippen molar-refractivity contribution < 1.29 is 9.90 Å². The van der Waals surface area contributed by atoms with Gasteiger partial charge in [-0.2, -0.15) is 0 Å². The fourth-order valence-electron chi connectivity index (χ4n) is 1.38. The van der Waals surface area contributed by atoms with E-state index in [1.807, 2.05) is 12.3 Å². The van der Waals surface area contributed by atoms with Crippen LogP contribution in [0.3, 0.4) is 0 Å². The first kappa shape index (κ1) is 13.1.